The maximum atomic E-state index is 10.9. The van der Waals surface area contributed by atoms with Crippen LogP contribution in [0, 0.1) is 5.92 Å². The average Bonchev–Trinajstić information content (AvgIpc) is 2.23. The molecule has 86 valence electrons. The largest absolute Gasteiger partial charge is 0.469 e. The number of esters is 1. The zero-order chi connectivity index (χ0) is 11.5. The van der Waals surface area contributed by atoms with E-state index in [1.54, 1.807) is 0 Å². The highest BCUT2D eigenvalue weighted by molar-refractivity contribution is 5.69. The Balaban J connectivity index is 3.66. The van der Waals surface area contributed by atoms with Gasteiger partial charge < -0.3 is 4.74 Å². The van der Waals surface area contributed by atoms with E-state index in [-0.39, 0.29) is 11.9 Å². The standard InChI is InChI=1S/C13H22O2/c1-4-5-6-7-8-9-10-12(2)11-13(14)15-3/h7-10,12H,4-6,11H2,1-3H3/b8-7+,10-9-. The van der Waals surface area contributed by atoms with Crippen LogP contribution in [0.2, 0.25) is 0 Å². The number of rotatable bonds is 7. The number of hydrogen-bond acceptors (Lipinski definition) is 2. The Morgan fingerprint density at radius 2 is 2.13 bits per heavy atom. The molecule has 0 rings (SSSR count). The second kappa shape index (κ2) is 9.50. The van der Waals surface area contributed by atoms with Gasteiger partial charge in [-0.2, -0.15) is 0 Å². The first kappa shape index (κ1) is 13.9. The Labute approximate surface area is 93.0 Å². The molecule has 0 fully saturated rings. The quantitative estimate of drug-likeness (QED) is 0.365. The van der Waals surface area contributed by atoms with Crippen molar-refractivity contribution in [2.24, 2.45) is 5.92 Å². The molecule has 0 aromatic carbocycles. The Morgan fingerprint density at radius 3 is 2.73 bits per heavy atom. The summed E-state index contributed by atoms with van der Waals surface area (Å²) in [5.74, 6) is 0.0930. The summed E-state index contributed by atoms with van der Waals surface area (Å²) in [5, 5.41) is 0. The second-order valence-corrected chi connectivity index (χ2v) is 3.71. The van der Waals surface area contributed by atoms with Crippen LogP contribution in [0.3, 0.4) is 0 Å². The molecular formula is C13H22O2. The van der Waals surface area contributed by atoms with Gasteiger partial charge in [0.15, 0.2) is 0 Å². The van der Waals surface area contributed by atoms with E-state index in [9.17, 15) is 4.79 Å². The predicted molar refractivity (Wildman–Crippen MR) is 63.6 cm³/mol. The summed E-state index contributed by atoms with van der Waals surface area (Å²) in [6.45, 7) is 4.19. The molecule has 0 aliphatic rings. The van der Waals surface area contributed by atoms with Crippen molar-refractivity contribution in [3.8, 4) is 0 Å². The van der Waals surface area contributed by atoms with E-state index in [1.807, 2.05) is 25.2 Å². The lowest BCUT2D eigenvalue weighted by Crippen LogP contribution is -2.04. The molecule has 15 heavy (non-hydrogen) atoms. The third-order valence-corrected chi connectivity index (χ3v) is 2.13. The summed E-state index contributed by atoms with van der Waals surface area (Å²) < 4.78 is 4.59. The van der Waals surface area contributed by atoms with Gasteiger partial charge in [-0.1, -0.05) is 51.0 Å². The number of carbonyl (C=O) groups is 1. The SMILES string of the molecule is CCCC/C=C/C=C\C(C)CC(=O)OC. The number of methoxy groups -OCH3 is 1. The Morgan fingerprint density at radius 1 is 1.40 bits per heavy atom. The van der Waals surface area contributed by atoms with Crippen molar-refractivity contribution in [2.75, 3.05) is 7.11 Å². The minimum Gasteiger partial charge on any atom is -0.469 e. The molecule has 0 aliphatic carbocycles. The number of carbonyl (C=O) groups excluding carboxylic acids is 1. The monoisotopic (exact) mass is 210 g/mol. The van der Waals surface area contributed by atoms with Crippen LogP contribution in [-0.4, -0.2) is 13.1 Å². The fraction of sp³-hybridized carbons (Fsp3) is 0.615. The van der Waals surface area contributed by atoms with Crippen LogP contribution in [0.4, 0.5) is 0 Å². The van der Waals surface area contributed by atoms with Gasteiger partial charge in [0.2, 0.25) is 0 Å². The van der Waals surface area contributed by atoms with Crippen molar-refractivity contribution >= 4 is 5.97 Å². The molecule has 1 unspecified atom stereocenters. The highest BCUT2D eigenvalue weighted by Gasteiger charge is 2.04. The lowest BCUT2D eigenvalue weighted by Gasteiger charge is -2.02. The van der Waals surface area contributed by atoms with Gasteiger partial charge in [-0.25, -0.2) is 0 Å². The summed E-state index contributed by atoms with van der Waals surface area (Å²) >= 11 is 0. The molecule has 0 aromatic heterocycles. The lowest BCUT2D eigenvalue weighted by molar-refractivity contribution is -0.141. The highest BCUT2D eigenvalue weighted by Crippen LogP contribution is 2.05. The van der Waals surface area contributed by atoms with Crippen molar-refractivity contribution in [2.45, 2.75) is 39.5 Å². The zero-order valence-corrected chi connectivity index (χ0v) is 10.0. The molecule has 0 bridgehead atoms. The van der Waals surface area contributed by atoms with Crippen LogP contribution < -0.4 is 0 Å². The van der Waals surface area contributed by atoms with E-state index in [0.717, 1.165) is 6.42 Å². The van der Waals surface area contributed by atoms with Gasteiger partial charge in [-0.05, 0) is 12.3 Å². The predicted octanol–water partition coefficient (Wildman–Crippen LogP) is 3.49. The molecule has 0 aliphatic heterocycles. The van der Waals surface area contributed by atoms with E-state index < -0.39 is 0 Å². The van der Waals surface area contributed by atoms with Crippen molar-refractivity contribution in [1.29, 1.82) is 0 Å². The average molecular weight is 210 g/mol. The summed E-state index contributed by atoms with van der Waals surface area (Å²) in [6, 6.07) is 0. The minimum absolute atomic E-state index is 0.151. The van der Waals surface area contributed by atoms with Crippen LogP contribution in [0.15, 0.2) is 24.3 Å². The van der Waals surface area contributed by atoms with Crippen molar-refractivity contribution in [3.05, 3.63) is 24.3 Å². The Hall–Kier alpha value is -1.05. The normalized spacial score (nSPS) is 13.5. The smallest absolute Gasteiger partial charge is 0.306 e. The molecule has 0 radical (unpaired) electrons. The first-order chi connectivity index (χ1) is 7.20. The van der Waals surface area contributed by atoms with Gasteiger partial charge in [0.25, 0.3) is 0 Å². The molecule has 1 atom stereocenters. The molecule has 2 nitrogen and oxygen atoms in total. The number of unbranched alkanes of at least 4 members (excludes halogenated alkanes) is 2. The molecular weight excluding hydrogens is 188 g/mol. The summed E-state index contributed by atoms with van der Waals surface area (Å²) in [4.78, 5) is 10.9. The maximum Gasteiger partial charge on any atom is 0.306 e. The zero-order valence-electron chi connectivity index (χ0n) is 10.0. The molecule has 0 spiro atoms. The Kier molecular flexibility index (Phi) is 8.84. The minimum atomic E-state index is -0.151. The van der Waals surface area contributed by atoms with E-state index in [4.69, 9.17) is 0 Å². The van der Waals surface area contributed by atoms with Gasteiger partial charge >= 0.3 is 5.97 Å². The highest BCUT2D eigenvalue weighted by atomic mass is 16.5. The summed E-state index contributed by atoms with van der Waals surface area (Å²) in [5.41, 5.74) is 0. The van der Waals surface area contributed by atoms with Crippen LogP contribution in [-0.2, 0) is 9.53 Å². The summed E-state index contributed by atoms with van der Waals surface area (Å²) in [6.07, 6.45) is 12.3. The van der Waals surface area contributed by atoms with Crippen LogP contribution >= 0.6 is 0 Å². The fourth-order valence-electron chi connectivity index (χ4n) is 1.16. The third-order valence-electron chi connectivity index (χ3n) is 2.13. The van der Waals surface area contributed by atoms with Gasteiger partial charge in [-0.15, -0.1) is 0 Å². The van der Waals surface area contributed by atoms with Crippen LogP contribution in [0.5, 0.6) is 0 Å². The molecule has 0 saturated carbocycles. The number of hydrogen-bond donors (Lipinski definition) is 0. The third kappa shape index (κ3) is 9.26. The van der Waals surface area contributed by atoms with E-state index in [2.05, 4.69) is 17.7 Å². The van der Waals surface area contributed by atoms with Gasteiger partial charge in [0, 0.05) is 0 Å². The molecule has 0 amide bonds. The first-order valence-electron chi connectivity index (χ1n) is 5.60. The fourth-order valence-corrected chi connectivity index (χ4v) is 1.16. The molecule has 2 heteroatoms. The Bertz CT molecular complexity index is 217. The molecule has 0 saturated heterocycles. The van der Waals surface area contributed by atoms with Gasteiger partial charge in [0.1, 0.15) is 0 Å². The second-order valence-electron chi connectivity index (χ2n) is 3.71. The van der Waals surface area contributed by atoms with Crippen molar-refractivity contribution in [1.82, 2.24) is 0 Å². The van der Waals surface area contributed by atoms with Crippen molar-refractivity contribution in [3.63, 3.8) is 0 Å². The van der Waals surface area contributed by atoms with E-state index >= 15 is 0 Å². The molecule has 0 aromatic rings. The van der Waals surface area contributed by atoms with E-state index in [0.29, 0.717) is 6.42 Å². The topological polar surface area (TPSA) is 26.3 Å². The van der Waals surface area contributed by atoms with Crippen LogP contribution in [0.1, 0.15) is 39.5 Å². The maximum absolute atomic E-state index is 10.9. The summed E-state index contributed by atoms with van der Waals surface area (Å²) in [7, 11) is 1.42. The van der Waals surface area contributed by atoms with Gasteiger partial charge in [0.05, 0.1) is 13.5 Å². The van der Waals surface area contributed by atoms with Crippen molar-refractivity contribution < 1.29 is 9.53 Å². The van der Waals surface area contributed by atoms with Gasteiger partial charge in [-0.3, -0.25) is 4.79 Å². The van der Waals surface area contributed by atoms with E-state index in [1.165, 1.54) is 20.0 Å². The number of allylic oxidation sites excluding steroid dienone is 4. The number of ether oxygens (including phenoxy) is 1. The molecule has 0 heterocycles. The molecule has 0 N–H and O–H groups in total. The lowest BCUT2D eigenvalue weighted by atomic mass is 10.1. The first-order valence-corrected chi connectivity index (χ1v) is 5.60. The van der Waals surface area contributed by atoms with Crippen LogP contribution in [0.25, 0.3) is 0 Å².